The highest BCUT2D eigenvalue weighted by molar-refractivity contribution is 5.00. The fourth-order valence-corrected chi connectivity index (χ4v) is 2.81. The SMILES string of the molecule is COCC(O)(C1CCCC1)C1CC1. The minimum Gasteiger partial charge on any atom is -0.387 e. The minimum absolute atomic E-state index is 0.481. The van der Waals surface area contributed by atoms with Crippen LogP contribution in [0.15, 0.2) is 0 Å². The molecule has 0 heterocycles. The second-order valence-corrected chi connectivity index (χ2v) is 4.68. The van der Waals surface area contributed by atoms with E-state index in [-0.39, 0.29) is 0 Å². The molecule has 0 bridgehead atoms. The molecule has 1 unspecified atom stereocenters. The Kier molecular flexibility index (Phi) is 2.61. The fraction of sp³-hybridized carbons (Fsp3) is 1.00. The van der Waals surface area contributed by atoms with E-state index in [4.69, 9.17) is 4.74 Å². The molecule has 76 valence electrons. The number of ether oxygens (including phenoxy) is 1. The second-order valence-electron chi connectivity index (χ2n) is 4.68. The quantitative estimate of drug-likeness (QED) is 0.723. The predicted molar refractivity (Wildman–Crippen MR) is 51.5 cm³/mol. The zero-order valence-electron chi connectivity index (χ0n) is 8.46. The van der Waals surface area contributed by atoms with Crippen molar-refractivity contribution in [1.82, 2.24) is 0 Å². The first kappa shape index (κ1) is 9.47. The molecule has 1 N–H and O–H groups in total. The average Bonchev–Trinajstić information content (AvgIpc) is 2.82. The van der Waals surface area contributed by atoms with Gasteiger partial charge in [-0.3, -0.25) is 0 Å². The molecule has 2 nitrogen and oxygen atoms in total. The number of hydrogen-bond donors (Lipinski definition) is 1. The van der Waals surface area contributed by atoms with E-state index in [0.717, 1.165) is 0 Å². The van der Waals surface area contributed by atoms with Gasteiger partial charge in [-0.15, -0.1) is 0 Å². The van der Waals surface area contributed by atoms with Crippen LogP contribution in [-0.4, -0.2) is 24.4 Å². The lowest BCUT2D eigenvalue weighted by Gasteiger charge is -2.33. The number of aliphatic hydroxyl groups is 1. The van der Waals surface area contributed by atoms with Crippen LogP contribution < -0.4 is 0 Å². The molecule has 2 fully saturated rings. The van der Waals surface area contributed by atoms with Gasteiger partial charge in [0.25, 0.3) is 0 Å². The van der Waals surface area contributed by atoms with Gasteiger partial charge in [-0.1, -0.05) is 12.8 Å². The molecule has 0 saturated heterocycles. The molecule has 0 spiro atoms. The van der Waals surface area contributed by atoms with E-state index < -0.39 is 5.60 Å². The molecule has 0 amide bonds. The Hall–Kier alpha value is -0.0800. The Morgan fingerprint density at radius 1 is 1.15 bits per heavy atom. The van der Waals surface area contributed by atoms with Crippen LogP contribution in [0, 0.1) is 11.8 Å². The third kappa shape index (κ3) is 1.75. The van der Waals surface area contributed by atoms with Gasteiger partial charge in [0.2, 0.25) is 0 Å². The van der Waals surface area contributed by atoms with Crippen molar-refractivity contribution in [2.24, 2.45) is 11.8 Å². The zero-order valence-corrected chi connectivity index (χ0v) is 8.46. The second kappa shape index (κ2) is 3.58. The van der Waals surface area contributed by atoms with Crippen molar-refractivity contribution in [3.63, 3.8) is 0 Å². The lowest BCUT2D eigenvalue weighted by atomic mass is 9.82. The maximum Gasteiger partial charge on any atom is 0.0935 e. The van der Waals surface area contributed by atoms with Crippen LogP contribution in [0.4, 0.5) is 0 Å². The summed E-state index contributed by atoms with van der Waals surface area (Å²) >= 11 is 0. The summed E-state index contributed by atoms with van der Waals surface area (Å²) in [6.07, 6.45) is 7.41. The Bertz CT molecular complexity index is 171. The van der Waals surface area contributed by atoms with Gasteiger partial charge in [0.1, 0.15) is 0 Å². The van der Waals surface area contributed by atoms with Gasteiger partial charge in [-0.05, 0) is 37.5 Å². The molecular formula is C11H20O2. The van der Waals surface area contributed by atoms with Crippen LogP contribution in [0.25, 0.3) is 0 Å². The Morgan fingerprint density at radius 2 is 1.69 bits per heavy atom. The maximum absolute atomic E-state index is 10.5. The molecule has 1 atom stereocenters. The van der Waals surface area contributed by atoms with E-state index >= 15 is 0 Å². The van der Waals surface area contributed by atoms with Crippen LogP contribution in [0.1, 0.15) is 38.5 Å². The molecule has 0 aromatic carbocycles. The van der Waals surface area contributed by atoms with Crippen LogP contribution in [0.3, 0.4) is 0 Å². The summed E-state index contributed by atoms with van der Waals surface area (Å²) in [5, 5.41) is 10.5. The van der Waals surface area contributed by atoms with Crippen LogP contribution >= 0.6 is 0 Å². The Balaban J connectivity index is 2.01. The smallest absolute Gasteiger partial charge is 0.0935 e. The molecular weight excluding hydrogens is 164 g/mol. The van der Waals surface area contributed by atoms with Gasteiger partial charge in [-0.25, -0.2) is 0 Å². The minimum atomic E-state index is -0.481. The number of hydrogen-bond acceptors (Lipinski definition) is 2. The molecule has 0 aliphatic heterocycles. The van der Waals surface area contributed by atoms with Gasteiger partial charge >= 0.3 is 0 Å². The molecule has 0 aromatic rings. The van der Waals surface area contributed by atoms with E-state index in [1.54, 1.807) is 7.11 Å². The van der Waals surface area contributed by atoms with Crippen LogP contribution in [-0.2, 0) is 4.74 Å². The van der Waals surface area contributed by atoms with E-state index in [0.29, 0.717) is 18.4 Å². The number of methoxy groups -OCH3 is 1. The summed E-state index contributed by atoms with van der Waals surface area (Å²) in [5.74, 6) is 1.05. The molecule has 0 radical (unpaired) electrons. The van der Waals surface area contributed by atoms with E-state index in [1.165, 1.54) is 38.5 Å². The van der Waals surface area contributed by atoms with Gasteiger partial charge < -0.3 is 9.84 Å². The standard InChI is InChI=1S/C11H20O2/c1-13-8-11(12,10-6-7-10)9-4-2-3-5-9/h9-10,12H,2-8H2,1H3. The largest absolute Gasteiger partial charge is 0.387 e. The summed E-state index contributed by atoms with van der Waals surface area (Å²) in [7, 11) is 1.70. The molecule has 2 heteroatoms. The summed E-state index contributed by atoms with van der Waals surface area (Å²) in [4.78, 5) is 0. The van der Waals surface area contributed by atoms with Gasteiger partial charge in [-0.2, -0.15) is 0 Å². The summed E-state index contributed by atoms with van der Waals surface area (Å²) in [6.45, 7) is 0.544. The van der Waals surface area contributed by atoms with Crippen LogP contribution in [0.2, 0.25) is 0 Å². The first-order valence-corrected chi connectivity index (χ1v) is 5.48. The third-order valence-corrected chi connectivity index (χ3v) is 3.72. The van der Waals surface area contributed by atoms with Crippen molar-refractivity contribution < 1.29 is 9.84 Å². The van der Waals surface area contributed by atoms with Crippen molar-refractivity contribution in [1.29, 1.82) is 0 Å². The topological polar surface area (TPSA) is 29.5 Å². The van der Waals surface area contributed by atoms with E-state index in [9.17, 15) is 5.11 Å². The normalized spacial score (nSPS) is 29.1. The molecule has 2 aliphatic carbocycles. The summed E-state index contributed by atoms with van der Waals surface area (Å²) in [5.41, 5.74) is -0.481. The van der Waals surface area contributed by atoms with Gasteiger partial charge in [0, 0.05) is 7.11 Å². The third-order valence-electron chi connectivity index (χ3n) is 3.72. The van der Waals surface area contributed by atoms with E-state index in [2.05, 4.69) is 0 Å². The predicted octanol–water partition coefficient (Wildman–Crippen LogP) is 1.96. The van der Waals surface area contributed by atoms with Gasteiger partial charge in [0.15, 0.2) is 0 Å². The highest BCUT2D eigenvalue weighted by atomic mass is 16.5. The van der Waals surface area contributed by atoms with Crippen molar-refractivity contribution >= 4 is 0 Å². The molecule has 2 aliphatic rings. The summed E-state index contributed by atoms with van der Waals surface area (Å²) < 4.78 is 5.17. The molecule has 0 aromatic heterocycles. The maximum atomic E-state index is 10.5. The lowest BCUT2D eigenvalue weighted by Crippen LogP contribution is -2.43. The van der Waals surface area contributed by atoms with Crippen LogP contribution in [0.5, 0.6) is 0 Å². The zero-order chi connectivity index (χ0) is 9.31. The molecule has 13 heavy (non-hydrogen) atoms. The average molecular weight is 184 g/mol. The Labute approximate surface area is 80.3 Å². The molecule has 2 rings (SSSR count). The fourth-order valence-electron chi connectivity index (χ4n) is 2.81. The van der Waals surface area contributed by atoms with Crippen molar-refractivity contribution in [3.8, 4) is 0 Å². The first-order valence-electron chi connectivity index (χ1n) is 5.48. The van der Waals surface area contributed by atoms with Gasteiger partial charge in [0.05, 0.1) is 12.2 Å². The first-order chi connectivity index (χ1) is 6.27. The highest BCUT2D eigenvalue weighted by Crippen LogP contribution is 2.48. The van der Waals surface area contributed by atoms with E-state index in [1.807, 2.05) is 0 Å². The van der Waals surface area contributed by atoms with Crippen molar-refractivity contribution in [3.05, 3.63) is 0 Å². The Morgan fingerprint density at radius 3 is 2.15 bits per heavy atom. The highest BCUT2D eigenvalue weighted by Gasteiger charge is 2.49. The molecule has 2 saturated carbocycles. The summed E-state index contributed by atoms with van der Waals surface area (Å²) in [6, 6.07) is 0. The van der Waals surface area contributed by atoms with Crippen molar-refractivity contribution in [2.75, 3.05) is 13.7 Å². The number of rotatable bonds is 4. The monoisotopic (exact) mass is 184 g/mol. The van der Waals surface area contributed by atoms with Crippen molar-refractivity contribution in [2.45, 2.75) is 44.1 Å². The lowest BCUT2D eigenvalue weighted by molar-refractivity contribution is -0.0886.